The molecule has 2 rings (SSSR count). The topological polar surface area (TPSA) is 161 Å². The normalized spacial score (nSPS) is 17.8. The Morgan fingerprint density at radius 3 is 2.08 bits per heavy atom. The maximum atomic E-state index is 14.2. The molecule has 1 heterocycles. The van der Waals surface area contributed by atoms with Crippen molar-refractivity contribution in [1.29, 1.82) is 0 Å². The highest BCUT2D eigenvalue weighted by Gasteiger charge is 2.42. The lowest BCUT2D eigenvalue weighted by Gasteiger charge is -2.43. The number of nitrogens with two attached hydrogens (primary N) is 1. The van der Waals surface area contributed by atoms with Crippen LogP contribution in [0.25, 0.3) is 0 Å². The molecule has 12 nitrogen and oxygen atoms in total. The largest absolute Gasteiger partial charge is 0.492 e. The van der Waals surface area contributed by atoms with Gasteiger partial charge in [-0.2, -0.15) is 4.31 Å². The van der Waals surface area contributed by atoms with Crippen LogP contribution >= 0.6 is 15.9 Å². The Kier molecular flexibility index (Phi) is 12.0. The van der Waals surface area contributed by atoms with E-state index in [9.17, 15) is 22.4 Å². The Bertz CT molecular complexity index is 1120. The number of nitrogens with zero attached hydrogens (tertiary/aromatic N) is 1. The Labute approximate surface area is 238 Å². The molecule has 1 saturated heterocycles. The number of ether oxygens (including phenoxy) is 3. The van der Waals surface area contributed by atoms with E-state index in [0.717, 1.165) is 6.07 Å². The van der Waals surface area contributed by atoms with E-state index in [0.29, 0.717) is 10.9 Å². The van der Waals surface area contributed by atoms with Crippen molar-refractivity contribution in [2.24, 2.45) is 11.3 Å². The first-order valence-corrected chi connectivity index (χ1v) is 14.3. The van der Waals surface area contributed by atoms with Gasteiger partial charge in [0.15, 0.2) is 11.6 Å². The molecule has 2 amide bonds. The molecule has 0 radical (unpaired) electrons. The second kappa shape index (κ2) is 13.4. The first-order chi connectivity index (χ1) is 17.6. The van der Waals surface area contributed by atoms with E-state index in [1.165, 1.54) is 17.5 Å². The highest BCUT2D eigenvalue weighted by Crippen LogP contribution is 2.37. The van der Waals surface area contributed by atoms with Gasteiger partial charge in [-0.15, -0.1) is 0 Å². The quantitative estimate of drug-likeness (QED) is 0.213. The van der Waals surface area contributed by atoms with Crippen LogP contribution in [0.2, 0.25) is 0 Å². The number of amides is 2. The van der Waals surface area contributed by atoms with Crippen molar-refractivity contribution >= 4 is 38.1 Å². The maximum Gasteiger partial charge on any atom is 0.422 e. The summed E-state index contributed by atoms with van der Waals surface area (Å²) in [5.41, 5.74) is 5.71. The summed E-state index contributed by atoms with van der Waals surface area (Å²) in [6.07, 6.45) is -0.786. The van der Waals surface area contributed by atoms with Crippen LogP contribution in [-0.2, 0) is 19.5 Å². The van der Waals surface area contributed by atoms with E-state index in [4.69, 9.17) is 20.1 Å². The van der Waals surface area contributed by atoms with Crippen LogP contribution in [0.15, 0.2) is 21.5 Å². The fraction of sp³-hybridized carbons (Fsp3) is 0.667. The van der Waals surface area contributed by atoms with Crippen LogP contribution in [0.4, 0.5) is 14.0 Å². The number of hydrogen-bond donors (Lipinski definition) is 4. The molecule has 1 fully saturated rings. The molecule has 1 aliphatic rings. The number of halogens is 2. The van der Waals surface area contributed by atoms with Gasteiger partial charge < -0.3 is 14.2 Å². The molecular formula is C24H41BrFN5O7S. The first-order valence-electron chi connectivity index (χ1n) is 12.1. The van der Waals surface area contributed by atoms with Gasteiger partial charge in [-0.05, 0) is 65.5 Å². The average Bonchev–Trinajstić information content (AvgIpc) is 2.75. The van der Waals surface area contributed by atoms with Gasteiger partial charge >= 0.3 is 12.2 Å². The van der Waals surface area contributed by atoms with E-state index >= 15 is 0 Å². The summed E-state index contributed by atoms with van der Waals surface area (Å²) >= 11 is 3.14. The lowest BCUT2D eigenvalue weighted by Crippen LogP contribution is -2.59. The molecule has 0 saturated carbocycles. The van der Waals surface area contributed by atoms with E-state index in [2.05, 4.69) is 26.8 Å². The molecule has 5 N–H and O–H groups in total. The number of benzene rings is 1. The second-order valence-corrected chi connectivity index (χ2v) is 14.3. The van der Waals surface area contributed by atoms with Crippen molar-refractivity contribution in [3.63, 3.8) is 0 Å². The summed E-state index contributed by atoms with van der Waals surface area (Å²) in [4.78, 5) is 22.0. The third-order valence-electron chi connectivity index (χ3n) is 5.25. The zero-order valence-corrected chi connectivity index (χ0v) is 26.3. The van der Waals surface area contributed by atoms with Crippen LogP contribution in [0.3, 0.4) is 0 Å². The van der Waals surface area contributed by atoms with Gasteiger partial charge in [0.2, 0.25) is 10.0 Å². The van der Waals surface area contributed by atoms with Gasteiger partial charge in [-0.3, -0.25) is 10.9 Å². The van der Waals surface area contributed by atoms with Crippen LogP contribution in [0, 0.1) is 11.2 Å². The smallest absolute Gasteiger partial charge is 0.422 e. The van der Waals surface area contributed by atoms with Crippen molar-refractivity contribution < 1.29 is 36.6 Å². The lowest BCUT2D eigenvalue weighted by molar-refractivity contribution is 0.0431. The maximum absolute atomic E-state index is 14.2. The Hall–Kier alpha value is -2.20. The van der Waals surface area contributed by atoms with Crippen molar-refractivity contribution in [1.82, 2.24) is 20.6 Å². The van der Waals surface area contributed by atoms with Crippen LogP contribution in [0.5, 0.6) is 5.75 Å². The first kappa shape index (κ1) is 34.8. The molecule has 1 unspecified atom stereocenters. The molecule has 39 heavy (non-hydrogen) atoms. The van der Waals surface area contributed by atoms with E-state index in [1.807, 2.05) is 19.3 Å². The average molecular weight is 643 g/mol. The number of rotatable bonds is 5. The molecule has 0 spiro atoms. The van der Waals surface area contributed by atoms with Gasteiger partial charge in [0.1, 0.15) is 16.1 Å². The highest BCUT2D eigenvalue weighted by atomic mass is 79.9. The van der Waals surface area contributed by atoms with Gasteiger partial charge in [0.25, 0.3) is 0 Å². The van der Waals surface area contributed by atoms with E-state index in [1.54, 1.807) is 41.5 Å². The number of carbonyl (C=O) groups is 2. The summed E-state index contributed by atoms with van der Waals surface area (Å²) in [5, 5.41) is 0. The minimum Gasteiger partial charge on any atom is -0.492 e. The number of hydrogen-bond acceptors (Lipinski definition) is 9. The Morgan fingerprint density at radius 2 is 1.64 bits per heavy atom. The predicted octanol–water partition coefficient (Wildman–Crippen LogP) is 3.80. The molecule has 1 aliphatic heterocycles. The van der Waals surface area contributed by atoms with Crippen molar-refractivity contribution in [3.8, 4) is 5.75 Å². The monoisotopic (exact) mass is 641 g/mol. The summed E-state index contributed by atoms with van der Waals surface area (Å²) in [6, 6.07) is 2.29. The fourth-order valence-corrected chi connectivity index (χ4v) is 6.00. The summed E-state index contributed by atoms with van der Waals surface area (Å²) in [5.74, 6) is 3.68. The predicted molar refractivity (Wildman–Crippen MR) is 148 cm³/mol. The molecule has 1 atom stereocenters. The van der Waals surface area contributed by atoms with Crippen LogP contribution in [0.1, 0.15) is 61.8 Å². The third kappa shape index (κ3) is 11.1. The zero-order chi connectivity index (χ0) is 30.4. The fourth-order valence-electron chi connectivity index (χ4n) is 3.60. The molecule has 1 aromatic rings. The minimum atomic E-state index is -4.00. The summed E-state index contributed by atoms with van der Waals surface area (Å²) < 4.78 is 57.2. The molecule has 0 aromatic heterocycles. The SMILES string of the molecule is CC(C)(C)OC(=O)NN.COc1c(F)cc(Br)cc1S(=O)(=O)N1CCC(NNC(=O)OC(C)(C)C)C(C)(C)C1. The van der Waals surface area contributed by atoms with Crippen molar-refractivity contribution in [2.45, 2.75) is 84.0 Å². The molecule has 15 heteroatoms. The highest BCUT2D eigenvalue weighted by molar-refractivity contribution is 9.10. The van der Waals surface area contributed by atoms with Crippen molar-refractivity contribution in [2.75, 3.05) is 20.2 Å². The van der Waals surface area contributed by atoms with Crippen LogP contribution in [-0.4, -0.2) is 62.4 Å². The number of methoxy groups -OCH3 is 1. The molecular weight excluding hydrogens is 601 g/mol. The van der Waals surface area contributed by atoms with Gasteiger partial charge in [-0.1, -0.05) is 29.8 Å². The molecule has 0 bridgehead atoms. The molecule has 224 valence electrons. The van der Waals surface area contributed by atoms with Gasteiger partial charge in [0.05, 0.1) is 7.11 Å². The molecule has 0 aliphatic carbocycles. The zero-order valence-electron chi connectivity index (χ0n) is 23.9. The van der Waals surface area contributed by atoms with Crippen molar-refractivity contribution in [3.05, 3.63) is 22.4 Å². The van der Waals surface area contributed by atoms with Gasteiger partial charge in [0, 0.05) is 23.6 Å². The number of hydrazine groups is 2. The second-order valence-electron chi connectivity index (χ2n) is 11.5. The molecule has 1 aromatic carbocycles. The lowest BCUT2D eigenvalue weighted by atomic mass is 9.80. The number of nitrogens with one attached hydrogen (secondary N) is 3. The summed E-state index contributed by atoms with van der Waals surface area (Å²) in [7, 11) is -2.77. The Morgan fingerprint density at radius 1 is 1.10 bits per heavy atom. The third-order valence-corrected chi connectivity index (χ3v) is 7.56. The van der Waals surface area contributed by atoms with E-state index in [-0.39, 0.29) is 29.8 Å². The number of piperidine rings is 1. The summed E-state index contributed by atoms with van der Waals surface area (Å²) in [6.45, 7) is 14.7. The Balaban J connectivity index is 0.000000724. The number of sulfonamides is 1. The standard InChI is InChI=1S/C19H29BrFN3O5S.C5H12N2O2/c1-18(2,3)29-17(25)23-22-15-7-8-24(11-19(15,4)5)30(26,27)14-10-12(20)9-13(21)16(14)28-6;1-5(2,3)9-4(8)7-6/h9-10,15,22H,7-8,11H2,1-6H3,(H,23,25);6H2,1-3H3,(H,7,8). The minimum absolute atomic E-state index is 0.167. The van der Waals surface area contributed by atoms with Crippen LogP contribution < -0.4 is 26.9 Å². The number of carbonyl (C=O) groups excluding carboxylic acids is 2. The van der Waals surface area contributed by atoms with E-state index < -0.39 is 44.6 Å². The van der Waals surface area contributed by atoms with Gasteiger partial charge in [-0.25, -0.2) is 33.7 Å².